The van der Waals surface area contributed by atoms with Crippen molar-refractivity contribution in [1.82, 2.24) is 4.98 Å². The summed E-state index contributed by atoms with van der Waals surface area (Å²) in [5, 5.41) is 5.20. The van der Waals surface area contributed by atoms with E-state index in [1.54, 1.807) is 31.2 Å². The number of carbonyl (C=O) groups is 3. The maximum Gasteiger partial charge on any atom is 0.339 e. The summed E-state index contributed by atoms with van der Waals surface area (Å²) < 4.78 is 4.83. The standard InChI is InChI=1S/C18H22N4O4/c1-4-6-13-14(17(24)26-3)10(2)20-15(13)16(23)21-11-7-5-8-12(9-11)22-18(19)25/h5,7-9,20H,4,6H2,1-3H3,(H,21,23)(H3,19,22,25). The highest BCUT2D eigenvalue weighted by Crippen LogP contribution is 2.23. The summed E-state index contributed by atoms with van der Waals surface area (Å²) >= 11 is 0. The van der Waals surface area contributed by atoms with E-state index in [0.717, 1.165) is 6.42 Å². The predicted octanol–water partition coefficient (Wildman–Crippen LogP) is 2.81. The van der Waals surface area contributed by atoms with Gasteiger partial charge in [0.2, 0.25) is 0 Å². The van der Waals surface area contributed by atoms with Crippen molar-refractivity contribution in [3.63, 3.8) is 0 Å². The molecule has 1 aromatic heterocycles. The van der Waals surface area contributed by atoms with Gasteiger partial charge in [-0.05, 0) is 37.1 Å². The Hall–Kier alpha value is -3.29. The second-order valence-corrected chi connectivity index (χ2v) is 5.74. The molecule has 0 radical (unpaired) electrons. The molecule has 0 atom stereocenters. The fourth-order valence-corrected chi connectivity index (χ4v) is 2.76. The molecule has 8 nitrogen and oxygen atoms in total. The first-order valence-corrected chi connectivity index (χ1v) is 8.15. The topological polar surface area (TPSA) is 126 Å². The molecule has 3 amide bonds. The predicted molar refractivity (Wildman–Crippen MR) is 98.5 cm³/mol. The molecule has 1 aromatic carbocycles. The number of rotatable bonds is 6. The number of primary amides is 1. The van der Waals surface area contributed by atoms with Gasteiger partial charge in [0, 0.05) is 17.1 Å². The monoisotopic (exact) mass is 358 g/mol. The van der Waals surface area contributed by atoms with E-state index in [4.69, 9.17) is 10.5 Å². The zero-order valence-electron chi connectivity index (χ0n) is 14.9. The Labute approximate surface area is 151 Å². The third kappa shape index (κ3) is 4.21. The maximum atomic E-state index is 12.7. The smallest absolute Gasteiger partial charge is 0.339 e. The van der Waals surface area contributed by atoms with Gasteiger partial charge >= 0.3 is 12.0 Å². The molecule has 0 aliphatic heterocycles. The van der Waals surface area contributed by atoms with E-state index in [1.165, 1.54) is 7.11 Å². The first kappa shape index (κ1) is 19.0. The number of urea groups is 1. The molecule has 0 aliphatic rings. The van der Waals surface area contributed by atoms with E-state index in [0.29, 0.717) is 40.3 Å². The fourth-order valence-electron chi connectivity index (χ4n) is 2.76. The molecule has 0 aliphatic carbocycles. The highest BCUT2D eigenvalue weighted by atomic mass is 16.5. The summed E-state index contributed by atoms with van der Waals surface area (Å²) in [5.41, 5.74) is 7.95. The number of carbonyl (C=O) groups excluding carboxylic acids is 3. The molecule has 8 heteroatoms. The number of esters is 1. The van der Waals surface area contributed by atoms with Gasteiger partial charge in [0.25, 0.3) is 5.91 Å². The highest BCUT2D eigenvalue weighted by Gasteiger charge is 2.24. The van der Waals surface area contributed by atoms with Gasteiger partial charge in [-0.2, -0.15) is 0 Å². The minimum absolute atomic E-state index is 0.318. The van der Waals surface area contributed by atoms with Crippen molar-refractivity contribution in [2.45, 2.75) is 26.7 Å². The number of H-pyrrole nitrogens is 1. The van der Waals surface area contributed by atoms with Crippen LogP contribution in [0.2, 0.25) is 0 Å². The van der Waals surface area contributed by atoms with Crippen molar-refractivity contribution in [3.05, 3.63) is 46.8 Å². The number of aryl methyl sites for hydroxylation is 1. The van der Waals surface area contributed by atoms with E-state index < -0.39 is 12.0 Å². The van der Waals surface area contributed by atoms with Crippen LogP contribution in [0.25, 0.3) is 0 Å². The number of anilines is 2. The minimum Gasteiger partial charge on any atom is -0.465 e. The number of aromatic nitrogens is 1. The van der Waals surface area contributed by atoms with Gasteiger partial charge in [-0.3, -0.25) is 4.79 Å². The van der Waals surface area contributed by atoms with Crippen LogP contribution < -0.4 is 16.4 Å². The normalized spacial score (nSPS) is 10.3. The third-order valence-corrected chi connectivity index (χ3v) is 3.80. The van der Waals surface area contributed by atoms with Crippen molar-refractivity contribution in [2.75, 3.05) is 17.7 Å². The zero-order valence-corrected chi connectivity index (χ0v) is 14.9. The van der Waals surface area contributed by atoms with Crippen molar-refractivity contribution >= 4 is 29.3 Å². The summed E-state index contributed by atoms with van der Waals surface area (Å²) in [6, 6.07) is 5.89. The van der Waals surface area contributed by atoms with Crippen LogP contribution in [-0.4, -0.2) is 30.0 Å². The van der Waals surface area contributed by atoms with Gasteiger partial charge in [0.15, 0.2) is 0 Å². The average molecular weight is 358 g/mol. The Bertz CT molecular complexity index is 842. The molecule has 2 rings (SSSR count). The van der Waals surface area contributed by atoms with Crippen LogP contribution >= 0.6 is 0 Å². The minimum atomic E-state index is -0.693. The lowest BCUT2D eigenvalue weighted by atomic mass is 10.0. The summed E-state index contributed by atoms with van der Waals surface area (Å²) in [4.78, 5) is 38.7. The Morgan fingerprint density at radius 2 is 1.85 bits per heavy atom. The first-order chi connectivity index (χ1) is 12.4. The number of nitrogens with one attached hydrogen (secondary N) is 3. The van der Waals surface area contributed by atoms with Gasteiger partial charge in [-0.15, -0.1) is 0 Å². The molecular weight excluding hydrogens is 336 g/mol. The molecule has 0 spiro atoms. The molecule has 0 unspecified atom stereocenters. The number of ether oxygens (including phenoxy) is 1. The van der Waals surface area contributed by atoms with Crippen LogP contribution in [0.3, 0.4) is 0 Å². The van der Waals surface area contributed by atoms with Crippen LogP contribution in [0.15, 0.2) is 24.3 Å². The van der Waals surface area contributed by atoms with Gasteiger partial charge in [-0.25, -0.2) is 9.59 Å². The third-order valence-electron chi connectivity index (χ3n) is 3.80. The Kier molecular flexibility index (Phi) is 6.00. The number of hydrogen-bond acceptors (Lipinski definition) is 4. The number of hydrogen-bond donors (Lipinski definition) is 4. The molecule has 1 heterocycles. The Balaban J connectivity index is 2.32. The summed E-state index contributed by atoms with van der Waals surface area (Å²) in [5.74, 6) is -0.864. The molecule has 26 heavy (non-hydrogen) atoms. The van der Waals surface area contributed by atoms with E-state index in [1.807, 2.05) is 6.92 Å². The van der Waals surface area contributed by atoms with E-state index in [2.05, 4.69) is 15.6 Å². The van der Waals surface area contributed by atoms with Crippen LogP contribution in [0, 0.1) is 6.92 Å². The summed E-state index contributed by atoms with van der Waals surface area (Å²) in [6.07, 6.45) is 1.32. The quantitative estimate of drug-likeness (QED) is 0.592. The lowest BCUT2D eigenvalue weighted by Crippen LogP contribution is -2.19. The number of amides is 3. The molecule has 2 aromatic rings. The second-order valence-electron chi connectivity index (χ2n) is 5.74. The molecule has 5 N–H and O–H groups in total. The Morgan fingerprint density at radius 3 is 2.42 bits per heavy atom. The molecule has 0 fully saturated rings. The van der Waals surface area contributed by atoms with E-state index >= 15 is 0 Å². The van der Waals surface area contributed by atoms with Crippen LogP contribution in [0.1, 0.15) is 45.4 Å². The SMILES string of the molecule is CCCc1c(C(=O)Nc2cccc(NC(N)=O)c2)[nH]c(C)c1C(=O)OC. The van der Waals surface area contributed by atoms with Gasteiger partial charge in [0.05, 0.1) is 12.7 Å². The average Bonchev–Trinajstić information content (AvgIpc) is 2.91. The zero-order chi connectivity index (χ0) is 19.3. The van der Waals surface area contributed by atoms with E-state index in [9.17, 15) is 14.4 Å². The van der Waals surface area contributed by atoms with Crippen molar-refractivity contribution in [2.24, 2.45) is 5.73 Å². The van der Waals surface area contributed by atoms with Crippen LogP contribution in [-0.2, 0) is 11.2 Å². The molecule has 138 valence electrons. The van der Waals surface area contributed by atoms with Crippen molar-refractivity contribution in [1.29, 1.82) is 0 Å². The maximum absolute atomic E-state index is 12.7. The summed E-state index contributed by atoms with van der Waals surface area (Å²) in [7, 11) is 1.31. The Morgan fingerprint density at radius 1 is 1.19 bits per heavy atom. The van der Waals surface area contributed by atoms with Crippen molar-refractivity contribution < 1.29 is 19.1 Å². The van der Waals surface area contributed by atoms with Gasteiger partial charge in [-0.1, -0.05) is 19.4 Å². The number of aromatic amines is 1. The lowest BCUT2D eigenvalue weighted by molar-refractivity contribution is 0.0599. The van der Waals surface area contributed by atoms with Crippen molar-refractivity contribution in [3.8, 4) is 0 Å². The van der Waals surface area contributed by atoms with E-state index in [-0.39, 0.29) is 5.91 Å². The number of benzene rings is 1. The van der Waals surface area contributed by atoms with Gasteiger partial charge < -0.3 is 26.1 Å². The van der Waals surface area contributed by atoms with Crippen LogP contribution in [0.5, 0.6) is 0 Å². The number of methoxy groups -OCH3 is 1. The molecule has 0 bridgehead atoms. The lowest BCUT2D eigenvalue weighted by Gasteiger charge is -2.09. The van der Waals surface area contributed by atoms with Gasteiger partial charge in [0.1, 0.15) is 5.69 Å². The molecular formula is C18H22N4O4. The molecule has 0 saturated carbocycles. The first-order valence-electron chi connectivity index (χ1n) is 8.15. The van der Waals surface area contributed by atoms with Crippen LogP contribution in [0.4, 0.5) is 16.2 Å². The molecule has 0 saturated heterocycles. The fraction of sp³-hybridized carbons (Fsp3) is 0.278. The largest absolute Gasteiger partial charge is 0.465 e. The summed E-state index contributed by atoms with van der Waals surface area (Å²) in [6.45, 7) is 3.68. The second kappa shape index (κ2) is 8.19. The highest BCUT2D eigenvalue weighted by molar-refractivity contribution is 6.07. The number of nitrogens with two attached hydrogens (primary N) is 1.